The number of carbonyl (C=O) groups is 2. The van der Waals surface area contributed by atoms with Gasteiger partial charge in [0.15, 0.2) is 0 Å². The van der Waals surface area contributed by atoms with Gasteiger partial charge in [0.1, 0.15) is 5.54 Å². The van der Waals surface area contributed by atoms with Gasteiger partial charge >= 0.3 is 12.0 Å². The van der Waals surface area contributed by atoms with Crippen molar-refractivity contribution >= 4 is 12.0 Å². The minimum atomic E-state index is -0.992. The molecule has 19 heavy (non-hydrogen) atoms. The fourth-order valence-electron chi connectivity index (χ4n) is 3.04. The molecular formula is C14H26N2O3. The number of urea groups is 1. The summed E-state index contributed by atoms with van der Waals surface area (Å²) in [5.41, 5.74) is -0.992. The quantitative estimate of drug-likeness (QED) is 0.835. The van der Waals surface area contributed by atoms with Gasteiger partial charge in [-0.05, 0) is 40.0 Å². The molecule has 0 aliphatic carbocycles. The molecule has 1 N–H and O–H groups in total. The number of hydrogen-bond donors (Lipinski definition) is 1. The Bertz CT molecular complexity index is 344. The van der Waals surface area contributed by atoms with Crippen LogP contribution < -0.4 is 0 Å². The molecule has 1 heterocycles. The third kappa shape index (κ3) is 2.85. The zero-order valence-corrected chi connectivity index (χ0v) is 12.5. The first-order valence-corrected chi connectivity index (χ1v) is 7.22. The maximum atomic E-state index is 12.6. The minimum absolute atomic E-state index is 0.0891. The molecule has 1 rings (SSSR count). The second-order valence-electron chi connectivity index (χ2n) is 5.50. The SMILES string of the molecule is CCCC1(C(=O)O)CCCN1C(=O)N(CC)C(C)C. The highest BCUT2D eigenvalue weighted by Crippen LogP contribution is 2.35. The molecule has 5 nitrogen and oxygen atoms in total. The number of likely N-dealkylation sites (tertiary alicyclic amines) is 1. The van der Waals surface area contributed by atoms with Crippen LogP contribution in [0.2, 0.25) is 0 Å². The van der Waals surface area contributed by atoms with E-state index in [1.54, 1.807) is 9.80 Å². The first-order valence-electron chi connectivity index (χ1n) is 7.22. The summed E-state index contributed by atoms with van der Waals surface area (Å²) in [7, 11) is 0. The van der Waals surface area contributed by atoms with Gasteiger partial charge < -0.3 is 14.9 Å². The van der Waals surface area contributed by atoms with Crippen molar-refractivity contribution in [2.75, 3.05) is 13.1 Å². The maximum absolute atomic E-state index is 12.6. The van der Waals surface area contributed by atoms with E-state index in [2.05, 4.69) is 0 Å². The zero-order valence-electron chi connectivity index (χ0n) is 12.5. The van der Waals surface area contributed by atoms with Crippen LogP contribution in [0.15, 0.2) is 0 Å². The van der Waals surface area contributed by atoms with E-state index in [-0.39, 0.29) is 12.1 Å². The minimum Gasteiger partial charge on any atom is -0.479 e. The Hall–Kier alpha value is -1.26. The monoisotopic (exact) mass is 270 g/mol. The summed E-state index contributed by atoms with van der Waals surface area (Å²) >= 11 is 0. The van der Waals surface area contributed by atoms with Gasteiger partial charge in [-0.2, -0.15) is 0 Å². The Morgan fingerprint density at radius 1 is 1.37 bits per heavy atom. The van der Waals surface area contributed by atoms with Gasteiger partial charge in [0.2, 0.25) is 0 Å². The lowest BCUT2D eigenvalue weighted by atomic mass is 9.91. The molecule has 0 saturated carbocycles. The van der Waals surface area contributed by atoms with Crippen molar-refractivity contribution in [1.29, 1.82) is 0 Å². The number of amides is 2. The summed E-state index contributed by atoms with van der Waals surface area (Å²) < 4.78 is 0. The number of rotatable bonds is 5. The van der Waals surface area contributed by atoms with E-state index in [1.807, 2.05) is 27.7 Å². The first-order chi connectivity index (χ1) is 8.90. The van der Waals surface area contributed by atoms with Crippen molar-refractivity contribution in [3.05, 3.63) is 0 Å². The van der Waals surface area contributed by atoms with Crippen molar-refractivity contribution in [2.24, 2.45) is 0 Å². The third-order valence-corrected chi connectivity index (χ3v) is 3.99. The lowest BCUT2D eigenvalue weighted by molar-refractivity contribution is -0.149. The van der Waals surface area contributed by atoms with Gasteiger partial charge in [-0.15, -0.1) is 0 Å². The van der Waals surface area contributed by atoms with E-state index in [4.69, 9.17) is 0 Å². The van der Waals surface area contributed by atoms with Crippen LogP contribution in [0, 0.1) is 0 Å². The van der Waals surface area contributed by atoms with Crippen LogP contribution in [0.3, 0.4) is 0 Å². The number of aliphatic carboxylic acids is 1. The fourth-order valence-corrected chi connectivity index (χ4v) is 3.04. The van der Waals surface area contributed by atoms with E-state index >= 15 is 0 Å². The van der Waals surface area contributed by atoms with Crippen molar-refractivity contribution in [3.63, 3.8) is 0 Å². The van der Waals surface area contributed by atoms with Crippen LogP contribution in [0.1, 0.15) is 53.4 Å². The average Bonchev–Trinajstić information content (AvgIpc) is 2.74. The maximum Gasteiger partial charge on any atom is 0.329 e. The van der Waals surface area contributed by atoms with Crippen molar-refractivity contribution in [1.82, 2.24) is 9.80 Å². The van der Waals surface area contributed by atoms with Crippen molar-refractivity contribution in [3.8, 4) is 0 Å². The third-order valence-electron chi connectivity index (χ3n) is 3.99. The standard InChI is InChI=1S/C14H26N2O3/c1-5-8-14(12(17)18)9-7-10-16(14)13(19)15(6-2)11(3)4/h11H,5-10H2,1-4H3,(H,17,18). The lowest BCUT2D eigenvalue weighted by Gasteiger charge is -2.39. The Kier molecular flexibility index (Phi) is 5.20. The Morgan fingerprint density at radius 2 is 2.00 bits per heavy atom. The van der Waals surface area contributed by atoms with Crippen LogP contribution >= 0.6 is 0 Å². The lowest BCUT2D eigenvalue weighted by Crippen LogP contribution is -2.57. The summed E-state index contributed by atoms with van der Waals surface area (Å²) in [6.45, 7) is 8.96. The molecule has 0 aromatic carbocycles. The smallest absolute Gasteiger partial charge is 0.329 e. The Morgan fingerprint density at radius 3 is 2.42 bits per heavy atom. The van der Waals surface area contributed by atoms with E-state index < -0.39 is 11.5 Å². The van der Waals surface area contributed by atoms with Gasteiger partial charge in [0.25, 0.3) is 0 Å². The normalized spacial score (nSPS) is 22.9. The van der Waals surface area contributed by atoms with E-state index in [1.165, 1.54) is 0 Å². The van der Waals surface area contributed by atoms with Crippen LogP contribution in [-0.2, 0) is 4.79 Å². The number of hydrogen-bond acceptors (Lipinski definition) is 2. The highest BCUT2D eigenvalue weighted by atomic mass is 16.4. The molecule has 0 aromatic rings. The molecular weight excluding hydrogens is 244 g/mol. The predicted octanol–water partition coefficient (Wildman–Crippen LogP) is 2.56. The fraction of sp³-hybridized carbons (Fsp3) is 0.857. The van der Waals surface area contributed by atoms with Crippen LogP contribution in [0.25, 0.3) is 0 Å². The number of carbonyl (C=O) groups excluding carboxylic acids is 1. The molecule has 1 saturated heterocycles. The largest absolute Gasteiger partial charge is 0.479 e. The van der Waals surface area contributed by atoms with Crippen molar-refractivity contribution < 1.29 is 14.7 Å². The number of nitrogens with zero attached hydrogens (tertiary/aromatic N) is 2. The molecule has 0 bridgehead atoms. The van der Waals surface area contributed by atoms with Crippen LogP contribution in [0.4, 0.5) is 4.79 Å². The van der Waals surface area contributed by atoms with Crippen LogP contribution in [-0.4, -0.2) is 51.6 Å². The van der Waals surface area contributed by atoms with E-state index in [9.17, 15) is 14.7 Å². The molecule has 0 radical (unpaired) electrons. The zero-order chi connectivity index (χ0) is 14.6. The Balaban J connectivity index is 3.02. The van der Waals surface area contributed by atoms with Gasteiger partial charge in [0.05, 0.1) is 0 Å². The summed E-state index contributed by atoms with van der Waals surface area (Å²) in [4.78, 5) is 27.6. The molecule has 110 valence electrons. The second-order valence-corrected chi connectivity index (χ2v) is 5.50. The van der Waals surface area contributed by atoms with Crippen molar-refractivity contribution in [2.45, 2.75) is 65.0 Å². The average molecular weight is 270 g/mol. The number of carboxylic acid groups (broad SMARTS) is 1. The first kappa shape index (κ1) is 15.8. The molecule has 5 heteroatoms. The second kappa shape index (κ2) is 6.26. The van der Waals surface area contributed by atoms with Gasteiger partial charge in [-0.1, -0.05) is 13.3 Å². The highest BCUT2D eigenvalue weighted by molar-refractivity contribution is 5.87. The van der Waals surface area contributed by atoms with Gasteiger partial charge in [-0.3, -0.25) is 0 Å². The van der Waals surface area contributed by atoms with E-state index in [0.29, 0.717) is 25.9 Å². The molecule has 2 amide bonds. The molecule has 1 atom stereocenters. The summed E-state index contributed by atoms with van der Waals surface area (Å²) in [5, 5.41) is 9.59. The summed E-state index contributed by atoms with van der Waals surface area (Å²) in [5.74, 6) is -0.861. The predicted molar refractivity (Wildman–Crippen MR) is 74.1 cm³/mol. The molecule has 1 aliphatic heterocycles. The van der Waals surface area contributed by atoms with Gasteiger partial charge in [-0.25, -0.2) is 9.59 Å². The summed E-state index contributed by atoms with van der Waals surface area (Å²) in [6, 6.07) is -0.0444. The topological polar surface area (TPSA) is 60.9 Å². The molecule has 0 spiro atoms. The molecule has 1 fully saturated rings. The Labute approximate surface area is 115 Å². The highest BCUT2D eigenvalue weighted by Gasteiger charge is 2.50. The van der Waals surface area contributed by atoms with E-state index in [0.717, 1.165) is 12.8 Å². The molecule has 0 aromatic heterocycles. The molecule has 1 unspecified atom stereocenters. The van der Waals surface area contributed by atoms with Crippen LogP contribution in [0.5, 0.6) is 0 Å². The summed E-state index contributed by atoms with van der Waals surface area (Å²) in [6.07, 6.45) is 2.64. The molecule has 1 aliphatic rings. The number of carboxylic acids is 1. The van der Waals surface area contributed by atoms with Gasteiger partial charge in [0, 0.05) is 19.1 Å².